The molecule has 10 heteroatoms. The Kier molecular flexibility index (Phi) is 4.87. The Bertz CT molecular complexity index is 1590. The first-order valence-corrected chi connectivity index (χ1v) is 14.0. The van der Waals surface area contributed by atoms with Crippen molar-refractivity contribution in [3.05, 3.63) is 28.7 Å². The zero-order valence-corrected chi connectivity index (χ0v) is 22.5. The van der Waals surface area contributed by atoms with E-state index in [-0.39, 0.29) is 17.1 Å². The molecule has 1 amide bonds. The molecule has 9 nitrogen and oxygen atoms in total. The van der Waals surface area contributed by atoms with Gasteiger partial charge in [-0.2, -0.15) is 0 Å². The Morgan fingerprint density at radius 2 is 1.92 bits per heavy atom. The lowest BCUT2D eigenvalue weighted by Gasteiger charge is -2.26. The minimum absolute atomic E-state index is 0.0828. The predicted molar refractivity (Wildman–Crippen MR) is 144 cm³/mol. The van der Waals surface area contributed by atoms with Crippen molar-refractivity contribution in [3.63, 3.8) is 0 Å². The fraction of sp³-hybridized carbons (Fsp3) is 0.519. The van der Waals surface area contributed by atoms with E-state index in [4.69, 9.17) is 9.97 Å². The maximum Gasteiger partial charge on any atom is 0.271 e. The van der Waals surface area contributed by atoms with E-state index in [1.807, 2.05) is 22.2 Å². The SMILES string of the molecule is CCn1c(C(=O)N(C2CC2)C2CC2)cc2c3c(ncn3C)c(Nc3nc4c(s3)C(=O)CC(C)(C)C4)nc21. The number of hydrogen-bond donors (Lipinski definition) is 1. The summed E-state index contributed by atoms with van der Waals surface area (Å²) >= 11 is 1.39. The Morgan fingerprint density at radius 1 is 1.19 bits per heavy atom. The van der Waals surface area contributed by atoms with Crippen molar-refractivity contribution in [2.75, 3.05) is 5.32 Å². The average Bonchev–Trinajstić information content (AvgIpc) is 3.74. The van der Waals surface area contributed by atoms with Crippen LogP contribution in [0.1, 0.15) is 78.7 Å². The summed E-state index contributed by atoms with van der Waals surface area (Å²) in [6.45, 7) is 6.91. The number of nitrogens with zero attached hydrogens (tertiary/aromatic N) is 6. The van der Waals surface area contributed by atoms with Gasteiger partial charge in [-0.05, 0) is 50.5 Å². The molecule has 0 atom stereocenters. The summed E-state index contributed by atoms with van der Waals surface area (Å²) < 4.78 is 4.02. The second-order valence-corrected chi connectivity index (χ2v) is 12.6. The summed E-state index contributed by atoms with van der Waals surface area (Å²) in [6.07, 6.45) is 7.50. The van der Waals surface area contributed by atoms with Crippen LogP contribution in [0.25, 0.3) is 22.1 Å². The van der Waals surface area contributed by atoms with Gasteiger partial charge in [0.2, 0.25) is 0 Å². The smallest absolute Gasteiger partial charge is 0.271 e. The first kappa shape index (κ1) is 22.9. The summed E-state index contributed by atoms with van der Waals surface area (Å²) in [6, 6.07) is 2.77. The molecule has 0 saturated heterocycles. The van der Waals surface area contributed by atoms with Crippen LogP contribution in [-0.2, 0) is 20.0 Å². The van der Waals surface area contributed by atoms with Crippen LogP contribution in [-0.4, -0.2) is 52.8 Å². The molecular weight excluding hydrogens is 486 g/mol. The van der Waals surface area contributed by atoms with Crippen LogP contribution in [0.15, 0.2) is 12.4 Å². The highest BCUT2D eigenvalue weighted by Crippen LogP contribution is 2.41. The van der Waals surface area contributed by atoms with Crippen LogP contribution in [0.5, 0.6) is 0 Å². The van der Waals surface area contributed by atoms with E-state index < -0.39 is 0 Å². The van der Waals surface area contributed by atoms with E-state index in [2.05, 4.69) is 36.0 Å². The number of amides is 1. The number of pyridine rings is 1. The van der Waals surface area contributed by atoms with Crippen molar-refractivity contribution < 1.29 is 9.59 Å². The number of thiazole rings is 1. The third-order valence-electron chi connectivity index (χ3n) is 7.81. The maximum absolute atomic E-state index is 13.8. The first-order valence-electron chi connectivity index (χ1n) is 13.2. The van der Waals surface area contributed by atoms with Gasteiger partial charge in [0.05, 0.1) is 22.4 Å². The van der Waals surface area contributed by atoms with Gasteiger partial charge in [-0.3, -0.25) is 9.59 Å². The van der Waals surface area contributed by atoms with Gasteiger partial charge in [-0.25, -0.2) is 15.0 Å². The zero-order chi connectivity index (χ0) is 25.6. The van der Waals surface area contributed by atoms with Crippen molar-refractivity contribution in [2.45, 2.75) is 77.9 Å². The summed E-state index contributed by atoms with van der Waals surface area (Å²) in [5, 5.41) is 4.96. The summed E-state index contributed by atoms with van der Waals surface area (Å²) in [5.41, 5.74) is 3.88. The molecule has 2 fully saturated rings. The largest absolute Gasteiger partial charge is 0.333 e. The molecule has 1 N–H and O–H groups in total. The number of nitrogens with one attached hydrogen (secondary N) is 1. The number of aromatic nitrogens is 5. The fourth-order valence-corrected chi connectivity index (χ4v) is 6.76. The number of hydrogen-bond acceptors (Lipinski definition) is 7. The summed E-state index contributed by atoms with van der Waals surface area (Å²) in [4.78, 5) is 43.8. The van der Waals surface area contributed by atoms with Crippen LogP contribution in [0, 0.1) is 5.41 Å². The minimum atomic E-state index is -0.0828. The number of Topliss-reactive ketones (excluding diaryl/α,β-unsaturated/α-hetero) is 1. The van der Waals surface area contributed by atoms with Gasteiger partial charge < -0.3 is 19.4 Å². The van der Waals surface area contributed by atoms with Crippen molar-refractivity contribution in [1.82, 2.24) is 29.0 Å². The topological polar surface area (TPSA) is 97.9 Å². The van der Waals surface area contributed by atoms with Crippen molar-refractivity contribution in [2.24, 2.45) is 12.5 Å². The number of rotatable bonds is 6. The molecule has 4 aromatic heterocycles. The molecule has 3 aliphatic carbocycles. The number of imidazole rings is 1. The van der Waals surface area contributed by atoms with E-state index in [0.717, 1.165) is 64.7 Å². The van der Waals surface area contributed by atoms with E-state index in [1.54, 1.807) is 6.33 Å². The zero-order valence-electron chi connectivity index (χ0n) is 21.7. The van der Waals surface area contributed by atoms with E-state index >= 15 is 0 Å². The molecule has 0 aliphatic heterocycles. The first-order chi connectivity index (χ1) is 17.7. The monoisotopic (exact) mass is 517 g/mol. The predicted octanol–water partition coefficient (Wildman–Crippen LogP) is 5.07. The second kappa shape index (κ2) is 7.86. The minimum Gasteiger partial charge on any atom is -0.333 e. The van der Waals surface area contributed by atoms with Crippen molar-refractivity contribution in [1.29, 1.82) is 0 Å². The van der Waals surface area contributed by atoms with Crippen LogP contribution in [0.2, 0.25) is 0 Å². The van der Waals surface area contributed by atoms with Crippen LogP contribution in [0.3, 0.4) is 0 Å². The van der Waals surface area contributed by atoms with Gasteiger partial charge in [0.1, 0.15) is 16.9 Å². The lowest BCUT2D eigenvalue weighted by Crippen LogP contribution is -2.36. The Morgan fingerprint density at radius 3 is 2.59 bits per heavy atom. The molecular formula is C27H31N7O2S. The number of carbonyl (C=O) groups is 2. The average molecular weight is 518 g/mol. The third-order valence-corrected chi connectivity index (χ3v) is 8.87. The third kappa shape index (κ3) is 3.67. The van der Waals surface area contributed by atoms with Gasteiger partial charge in [0.25, 0.3) is 5.91 Å². The van der Waals surface area contributed by atoms with E-state index in [9.17, 15) is 9.59 Å². The molecule has 0 radical (unpaired) electrons. The Balaban J connectivity index is 1.34. The lowest BCUT2D eigenvalue weighted by atomic mass is 9.78. The molecule has 3 aliphatic rings. The van der Waals surface area contributed by atoms with E-state index in [0.29, 0.717) is 41.7 Å². The number of carbonyl (C=O) groups excluding carboxylic acids is 2. The quantitative estimate of drug-likeness (QED) is 0.384. The molecule has 0 aromatic carbocycles. The Hall–Kier alpha value is -3.27. The lowest BCUT2D eigenvalue weighted by molar-refractivity contribution is 0.0719. The van der Waals surface area contributed by atoms with Crippen LogP contribution in [0.4, 0.5) is 10.9 Å². The van der Waals surface area contributed by atoms with Crippen molar-refractivity contribution in [3.8, 4) is 0 Å². The fourth-order valence-electron chi connectivity index (χ4n) is 5.84. The van der Waals surface area contributed by atoms with Gasteiger partial charge in [0.15, 0.2) is 16.7 Å². The number of ketones is 1. The molecule has 192 valence electrons. The summed E-state index contributed by atoms with van der Waals surface area (Å²) in [7, 11) is 1.97. The van der Waals surface area contributed by atoms with Crippen LogP contribution < -0.4 is 5.32 Å². The van der Waals surface area contributed by atoms with Gasteiger partial charge in [0, 0.05) is 37.5 Å². The number of fused-ring (bicyclic) bond motifs is 4. The highest BCUT2D eigenvalue weighted by atomic mass is 32.1. The van der Waals surface area contributed by atoms with Gasteiger partial charge in [-0.1, -0.05) is 25.2 Å². The van der Waals surface area contributed by atoms with Gasteiger partial charge >= 0.3 is 0 Å². The molecule has 7 rings (SSSR count). The standard InChI is InChI=1S/C27H31N7O2S/c1-5-33-18(25(36)34(14-6-7-14)15-8-9-15)10-16-21-20(28-13-32(21)4)23(30-24(16)33)31-26-29-17-11-27(2,3)12-19(35)22(17)37-26/h10,13-15H,5-9,11-12H2,1-4H3,(H,29,30,31). The second-order valence-electron chi connectivity index (χ2n) is 11.6. The molecule has 37 heavy (non-hydrogen) atoms. The molecule has 0 spiro atoms. The molecule has 0 unspecified atom stereocenters. The highest BCUT2D eigenvalue weighted by Gasteiger charge is 2.43. The molecule has 0 bridgehead atoms. The maximum atomic E-state index is 13.8. The van der Waals surface area contributed by atoms with Crippen molar-refractivity contribution >= 4 is 56.0 Å². The summed E-state index contributed by atoms with van der Waals surface area (Å²) in [5.74, 6) is 0.861. The normalized spacial score (nSPS) is 19.0. The molecule has 2 saturated carbocycles. The highest BCUT2D eigenvalue weighted by molar-refractivity contribution is 7.17. The molecule has 4 heterocycles. The van der Waals surface area contributed by atoms with Crippen LogP contribution >= 0.6 is 11.3 Å². The number of anilines is 2. The molecule has 4 aromatic rings. The van der Waals surface area contributed by atoms with Gasteiger partial charge in [-0.15, -0.1) is 0 Å². The number of aryl methyl sites for hydroxylation is 2. The van der Waals surface area contributed by atoms with E-state index in [1.165, 1.54) is 11.3 Å². The Labute approximate surface area is 218 Å².